The molecular weight excluding hydrogens is 699 g/mol. The number of alkyl halides is 17. The molecule has 0 aromatic carbocycles. The van der Waals surface area contributed by atoms with E-state index in [2.05, 4.69) is 3.63 Å². The summed E-state index contributed by atoms with van der Waals surface area (Å²) in [6.45, 7) is 1.57. The van der Waals surface area contributed by atoms with Crippen molar-refractivity contribution in [3.05, 3.63) is 0 Å². The lowest BCUT2D eigenvalue weighted by atomic mass is 9.91. The molecule has 0 atom stereocenters. The van der Waals surface area contributed by atoms with Gasteiger partial charge in [0.15, 0.2) is 0 Å². The highest BCUT2D eigenvalue weighted by atomic mass is 32.3. The van der Waals surface area contributed by atoms with Gasteiger partial charge in [-0.25, -0.2) is 3.63 Å². The molecule has 24 heteroatoms. The average molecular weight is 719 g/mol. The molecule has 0 aliphatic carbocycles. The predicted octanol–water partition coefficient (Wildman–Crippen LogP) is 7.53. The van der Waals surface area contributed by atoms with Gasteiger partial charge in [0.25, 0.3) is 0 Å². The number of unbranched alkanes of at least 4 members (excludes halogenated alkanes) is 1. The van der Waals surface area contributed by atoms with Crippen LogP contribution in [0, 0.1) is 0 Å². The lowest BCUT2D eigenvalue weighted by Gasteiger charge is -2.44. The number of rotatable bonds is 14. The van der Waals surface area contributed by atoms with Crippen LogP contribution >= 0.6 is 22.1 Å². The lowest BCUT2D eigenvalue weighted by Crippen LogP contribution is -2.75. The van der Waals surface area contributed by atoms with Crippen LogP contribution in [0.25, 0.3) is 0 Å². The Hall–Kier alpha value is -0.910. The van der Waals surface area contributed by atoms with Gasteiger partial charge in [0.05, 0.1) is 5.75 Å². The molecule has 0 spiro atoms. The maximum absolute atomic E-state index is 14.5. The quantitative estimate of drug-likeness (QED) is 0.174. The van der Waals surface area contributed by atoms with Gasteiger partial charge >= 0.3 is 57.1 Å². The molecule has 4 nitrogen and oxygen atoms in total. The number of ketones is 1. The van der Waals surface area contributed by atoms with E-state index in [1.54, 1.807) is 6.92 Å². The second-order valence-corrected chi connectivity index (χ2v) is 15.0. The topological polar surface area (TPSA) is 60.4 Å². The molecule has 0 aromatic heterocycles. The van der Waals surface area contributed by atoms with Crippen molar-refractivity contribution in [2.24, 2.45) is 0 Å². The lowest BCUT2D eigenvalue weighted by molar-refractivity contribution is -0.458. The number of hydrogen-bond acceptors (Lipinski definition) is 5. The third kappa shape index (κ3) is 6.14. The van der Waals surface area contributed by atoms with Crippen molar-refractivity contribution in [1.29, 1.82) is 0 Å². The maximum atomic E-state index is 14.5. The zero-order valence-electron chi connectivity index (χ0n) is 20.4. The number of hydrogen-bond donors (Lipinski definition) is 0. The largest absolute Gasteiger partial charge is 0.460 e. The van der Waals surface area contributed by atoms with Crippen molar-refractivity contribution in [3.63, 3.8) is 0 Å². The SMILES string of the molecule is CCCCC(=O)CS1(OS(=O)(=O)C(F)(F)C(F)(F)C(F)(F)C(F)(F)C(F)(F)C(F)(F)C(F)(F)C(F)(F)F)CCSCC1. The summed E-state index contributed by atoms with van der Waals surface area (Å²) in [5.74, 6) is -55.7. The molecule has 1 aliphatic heterocycles. The summed E-state index contributed by atoms with van der Waals surface area (Å²) in [5, 5.41) is -7.75. The monoisotopic (exact) mass is 718 g/mol. The van der Waals surface area contributed by atoms with E-state index in [0.717, 1.165) is 11.8 Å². The summed E-state index contributed by atoms with van der Waals surface area (Å²) < 4.78 is 258. The van der Waals surface area contributed by atoms with Gasteiger partial charge in [-0.3, -0.25) is 4.79 Å². The van der Waals surface area contributed by atoms with Gasteiger partial charge in [0.2, 0.25) is 0 Å². The van der Waals surface area contributed by atoms with Crippen LogP contribution in [0.1, 0.15) is 26.2 Å². The molecule has 252 valence electrons. The van der Waals surface area contributed by atoms with E-state index in [1.807, 2.05) is 0 Å². The van der Waals surface area contributed by atoms with Crippen molar-refractivity contribution in [2.45, 2.75) is 73.2 Å². The summed E-state index contributed by atoms with van der Waals surface area (Å²) in [4.78, 5) is 12.1. The number of thioether (sulfide) groups is 1. The summed E-state index contributed by atoms with van der Waals surface area (Å²) >= 11 is 0.982. The van der Waals surface area contributed by atoms with Crippen LogP contribution in [0.2, 0.25) is 0 Å². The van der Waals surface area contributed by atoms with E-state index in [9.17, 15) is 87.8 Å². The number of halogens is 17. The van der Waals surface area contributed by atoms with Crippen LogP contribution < -0.4 is 0 Å². The van der Waals surface area contributed by atoms with Gasteiger partial charge in [-0.2, -0.15) is 94.8 Å². The molecule has 0 unspecified atom stereocenters. The van der Waals surface area contributed by atoms with Crippen molar-refractivity contribution in [2.75, 3.05) is 28.8 Å². The highest BCUT2D eigenvalue weighted by molar-refractivity contribution is 8.34. The normalized spacial score (nSPS) is 19.5. The molecule has 1 aliphatic rings. The van der Waals surface area contributed by atoms with Gasteiger partial charge in [-0.05, 0) is 6.42 Å². The highest BCUT2D eigenvalue weighted by Crippen LogP contribution is 2.65. The minimum Gasteiger partial charge on any atom is -0.299 e. The van der Waals surface area contributed by atoms with Gasteiger partial charge in [0, 0.05) is 29.4 Å². The van der Waals surface area contributed by atoms with E-state index in [0.29, 0.717) is 6.42 Å². The van der Waals surface area contributed by atoms with Gasteiger partial charge in [0.1, 0.15) is 5.78 Å². The standard InChI is InChI=1S/C18H19F17O4S3/c1-2-3-4-10(36)9-41(7-5-40-6-8-41)39-42(37,38)18(34,35)16(29,30)14(25,26)12(21,22)11(19,20)13(23,24)15(27,28)17(31,32)33/h2-9H2,1H3. The van der Waals surface area contributed by atoms with E-state index in [-0.39, 0.29) is 24.3 Å². The fourth-order valence-corrected chi connectivity index (χ4v) is 11.0. The Bertz CT molecular complexity index is 1080. The van der Waals surface area contributed by atoms with Crippen molar-refractivity contribution in [3.8, 4) is 0 Å². The zero-order valence-corrected chi connectivity index (χ0v) is 22.9. The first-order valence-corrected chi connectivity index (χ1v) is 15.5. The second-order valence-electron chi connectivity index (χ2n) is 8.76. The van der Waals surface area contributed by atoms with Crippen LogP contribution in [0.3, 0.4) is 0 Å². The maximum Gasteiger partial charge on any atom is 0.460 e. The van der Waals surface area contributed by atoms with E-state index in [1.165, 1.54) is 0 Å². The Kier molecular flexibility index (Phi) is 11.0. The van der Waals surface area contributed by atoms with Crippen LogP contribution in [-0.2, 0) is 18.5 Å². The van der Waals surface area contributed by atoms with Gasteiger partial charge in [-0.15, -0.1) is 10.3 Å². The molecule has 1 rings (SSSR count). The molecular formula is C18H19F17O4S3. The highest BCUT2D eigenvalue weighted by Gasteiger charge is 2.96. The molecule has 1 saturated heterocycles. The van der Waals surface area contributed by atoms with Crippen LogP contribution in [0.5, 0.6) is 0 Å². The first-order chi connectivity index (χ1) is 18.4. The summed E-state index contributed by atoms with van der Waals surface area (Å²) in [7, 11) is -11.5. The first-order valence-electron chi connectivity index (χ1n) is 10.9. The van der Waals surface area contributed by atoms with Crippen molar-refractivity contribution in [1.82, 2.24) is 0 Å². The summed E-state index contributed by atoms with van der Waals surface area (Å²) in [6, 6.07) is 0. The minimum absolute atomic E-state index is 0.137. The number of carbonyl (C=O) groups is 1. The molecule has 1 heterocycles. The fourth-order valence-electron chi connectivity index (χ4n) is 3.14. The van der Waals surface area contributed by atoms with E-state index >= 15 is 0 Å². The molecule has 0 amide bonds. The third-order valence-corrected chi connectivity index (χ3v) is 12.7. The Labute approximate surface area is 231 Å². The molecule has 42 heavy (non-hydrogen) atoms. The predicted molar refractivity (Wildman–Crippen MR) is 115 cm³/mol. The Morgan fingerprint density at radius 1 is 0.690 bits per heavy atom. The third-order valence-electron chi connectivity index (χ3n) is 5.67. The average Bonchev–Trinajstić information content (AvgIpc) is 2.81. The number of Topliss-reactive ketones (excluding diaryl/α,β-unsaturated/α-hetero) is 1. The molecule has 0 N–H and O–H groups in total. The van der Waals surface area contributed by atoms with Gasteiger partial charge < -0.3 is 0 Å². The van der Waals surface area contributed by atoms with Crippen molar-refractivity contribution < 1.29 is 91.5 Å². The summed E-state index contributed by atoms with van der Waals surface area (Å²) in [5.41, 5.74) is 0. The van der Waals surface area contributed by atoms with Crippen LogP contribution in [0.15, 0.2) is 0 Å². The van der Waals surface area contributed by atoms with Crippen LogP contribution in [-0.4, -0.2) is 89.9 Å². The van der Waals surface area contributed by atoms with Gasteiger partial charge in [-0.1, -0.05) is 13.3 Å². The van der Waals surface area contributed by atoms with Crippen LogP contribution in [0.4, 0.5) is 74.6 Å². The molecule has 0 saturated carbocycles. The molecule has 1 fully saturated rings. The molecule has 0 radical (unpaired) electrons. The zero-order chi connectivity index (χ0) is 33.6. The minimum atomic E-state index is -8.91. The Morgan fingerprint density at radius 3 is 1.45 bits per heavy atom. The molecule has 0 aromatic rings. The smallest absolute Gasteiger partial charge is 0.299 e. The number of carbonyl (C=O) groups excluding carboxylic acids is 1. The van der Waals surface area contributed by atoms with Crippen molar-refractivity contribution >= 4 is 38.0 Å². The first kappa shape index (κ1) is 39.1. The second kappa shape index (κ2) is 11.8. The Balaban J connectivity index is 3.66. The summed E-state index contributed by atoms with van der Waals surface area (Å²) in [6.07, 6.45) is -7.75. The van der Waals surface area contributed by atoms with E-state index < -0.39 is 90.4 Å². The van der Waals surface area contributed by atoms with E-state index in [4.69, 9.17) is 0 Å². The molecule has 0 bridgehead atoms. The fraction of sp³-hybridized carbons (Fsp3) is 0.944. The Morgan fingerprint density at radius 2 is 1.07 bits per heavy atom.